The largest absolute Gasteiger partial charge is 0.508 e. The van der Waals surface area contributed by atoms with Crippen LogP contribution in [0.5, 0.6) is 5.75 Å². The summed E-state index contributed by atoms with van der Waals surface area (Å²) in [5, 5.41) is 24.3. The molecule has 1 aromatic heterocycles. The number of esters is 1. The number of aromatic nitrogens is 4. The van der Waals surface area contributed by atoms with E-state index in [4.69, 9.17) is 11.6 Å². The number of anilines is 1. The lowest BCUT2D eigenvalue weighted by Gasteiger charge is -2.09. The van der Waals surface area contributed by atoms with Gasteiger partial charge in [-0.15, -0.1) is 0 Å². The number of tetrazole rings is 1. The molecule has 9 heteroatoms. The number of phenolic OH excluding ortho intramolecular Hbond substituents is 1. The third kappa shape index (κ3) is 3.69. The van der Waals surface area contributed by atoms with Crippen LogP contribution >= 0.6 is 11.6 Å². The van der Waals surface area contributed by atoms with Gasteiger partial charge in [-0.25, -0.2) is 4.79 Å². The summed E-state index contributed by atoms with van der Waals surface area (Å²) in [4.78, 5) is 11.6. The van der Waals surface area contributed by atoms with E-state index in [2.05, 4.69) is 25.6 Å². The molecule has 1 heterocycles. The highest BCUT2D eigenvalue weighted by Gasteiger charge is 2.14. The number of nitrogens with one attached hydrogen (secondary N) is 1. The predicted molar refractivity (Wildman–Crippen MR) is 90.9 cm³/mol. The average Bonchev–Trinajstić information content (AvgIpc) is 3.08. The molecule has 0 aliphatic carbocycles. The van der Waals surface area contributed by atoms with Crippen molar-refractivity contribution in [3.8, 4) is 11.4 Å². The zero-order valence-corrected chi connectivity index (χ0v) is 13.9. The summed E-state index contributed by atoms with van der Waals surface area (Å²) in [7, 11) is 1.29. The van der Waals surface area contributed by atoms with E-state index in [1.54, 1.807) is 36.4 Å². The van der Waals surface area contributed by atoms with E-state index in [-0.39, 0.29) is 16.3 Å². The van der Waals surface area contributed by atoms with Crippen LogP contribution in [-0.2, 0) is 11.3 Å². The number of aromatic hydroxyl groups is 1. The molecule has 0 fully saturated rings. The van der Waals surface area contributed by atoms with Gasteiger partial charge in [0.05, 0.1) is 23.4 Å². The molecule has 0 spiro atoms. The van der Waals surface area contributed by atoms with Gasteiger partial charge >= 0.3 is 5.97 Å². The third-order valence-corrected chi connectivity index (χ3v) is 3.75. The van der Waals surface area contributed by atoms with Crippen LogP contribution in [0.3, 0.4) is 0 Å². The fourth-order valence-electron chi connectivity index (χ4n) is 2.23. The predicted octanol–water partition coefficient (Wildman–Crippen LogP) is 2.42. The third-order valence-electron chi connectivity index (χ3n) is 3.43. The van der Waals surface area contributed by atoms with Crippen LogP contribution in [0.15, 0.2) is 42.5 Å². The summed E-state index contributed by atoms with van der Waals surface area (Å²) in [5.74, 6) is 0.0600. The SMILES string of the molecule is COC(=O)c1ccc(-n2nnnc2NCc2cccc(O)c2)cc1Cl. The molecule has 128 valence electrons. The van der Waals surface area contributed by atoms with Crippen molar-refractivity contribution in [3.63, 3.8) is 0 Å². The second-order valence-corrected chi connectivity index (χ2v) is 5.50. The Labute approximate surface area is 148 Å². The molecule has 0 unspecified atom stereocenters. The van der Waals surface area contributed by atoms with Gasteiger partial charge in [-0.2, -0.15) is 4.68 Å². The van der Waals surface area contributed by atoms with Crippen LogP contribution in [0.1, 0.15) is 15.9 Å². The van der Waals surface area contributed by atoms with Gasteiger partial charge in [-0.3, -0.25) is 0 Å². The maximum absolute atomic E-state index is 11.6. The molecule has 0 amide bonds. The number of halogens is 1. The Morgan fingerprint density at radius 3 is 2.88 bits per heavy atom. The summed E-state index contributed by atoms with van der Waals surface area (Å²) >= 11 is 6.13. The number of rotatable bonds is 5. The van der Waals surface area contributed by atoms with Crippen molar-refractivity contribution in [1.29, 1.82) is 0 Å². The number of benzene rings is 2. The van der Waals surface area contributed by atoms with Crippen LogP contribution < -0.4 is 5.32 Å². The molecule has 0 saturated carbocycles. The van der Waals surface area contributed by atoms with Gasteiger partial charge in [0.15, 0.2) is 0 Å². The molecule has 3 aromatic rings. The minimum Gasteiger partial charge on any atom is -0.508 e. The van der Waals surface area contributed by atoms with Gasteiger partial charge in [0, 0.05) is 6.54 Å². The molecule has 25 heavy (non-hydrogen) atoms. The highest BCUT2D eigenvalue weighted by molar-refractivity contribution is 6.33. The van der Waals surface area contributed by atoms with Crippen molar-refractivity contribution in [2.45, 2.75) is 6.54 Å². The quantitative estimate of drug-likeness (QED) is 0.674. The van der Waals surface area contributed by atoms with E-state index in [0.29, 0.717) is 18.2 Å². The zero-order chi connectivity index (χ0) is 17.8. The summed E-state index contributed by atoms with van der Waals surface area (Å²) in [6.45, 7) is 0.419. The van der Waals surface area contributed by atoms with E-state index < -0.39 is 5.97 Å². The number of phenols is 1. The maximum Gasteiger partial charge on any atom is 0.339 e. The van der Waals surface area contributed by atoms with Crippen LogP contribution in [0, 0.1) is 0 Å². The number of methoxy groups -OCH3 is 1. The van der Waals surface area contributed by atoms with Crippen molar-refractivity contribution in [2.24, 2.45) is 0 Å². The Balaban J connectivity index is 1.82. The lowest BCUT2D eigenvalue weighted by atomic mass is 10.2. The Hall–Kier alpha value is -3.13. The smallest absolute Gasteiger partial charge is 0.339 e. The first-order valence-corrected chi connectivity index (χ1v) is 7.64. The topological polar surface area (TPSA) is 102 Å². The van der Waals surface area contributed by atoms with Gasteiger partial charge in [0.25, 0.3) is 0 Å². The van der Waals surface area contributed by atoms with Gasteiger partial charge < -0.3 is 15.2 Å². The maximum atomic E-state index is 11.6. The van der Waals surface area contributed by atoms with Gasteiger partial charge in [0.2, 0.25) is 5.95 Å². The summed E-state index contributed by atoms with van der Waals surface area (Å²) < 4.78 is 6.12. The number of ether oxygens (including phenoxy) is 1. The minimum absolute atomic E-state index is 0.184. The number of carbonyl (C=O) groups excluding carboxylic acids is 1. The Bertz CT molecular complexity index is 912. The second kappa shape index (κ2) is 7.18. The minimum atomic E-state index is -0.518. The van der Waals surface area contributed by atoms with Crippen molar-refractivity contribution >= 4 is 23.5 Å². The molecular formula is C16H14ClN5O3. The second-order valence-electron chi connectivity index (χ2n) is 5.09. The first kappa shape index (κ1) is 16.7. The Kier molecular flexibility index (Phi) is 4.80. The molecule has 3 rings (SSSR count). The van der Waals surface area contributed by atoms with E-state index in [0.717, 1.165) is 5.56 Å². The van der Waals surface area contributed by atoms with Crippen LogP contribution in [0.2, 0.25) is 5.02 Å². The van der Waals surface area contributed by atoms with Gasteiger partial charge in [-0.05, 0) is 46.3 Å². The van der Waals surface area contributed by atoms with E-state index >= 15 is 0 Å². The Morgan fingerprint density at radius 2 is 2.16 bits per heavy atom. The van der Waals surface area contributed by atoms with Crippen LogP contribution in [-0.4, -0.2) is 38.4 Å². The molecule has 0 atom stereocenters. The fraction of sp³-hybridized carbons (Fsp3) is 0.125. The normalized spacial score (nSPS) is 10.5. The number of nitrogens with zero attached hydrogens (tertiary/aromatic N) is 4. The lowest BCUT2D eigenvalue weighted by molar-refractivity contribution is 0.0601. The molecule has 0 aliphatic heterocycles. The molecule has 0 bridgehead atoms. The molecule has 0 saturated heterocycles. The standard InChI is InChI=1S/C16H14ClN5O3/c1-25-15(24)13-6-5-11(8-14(13)17)22-16(19-20-21-22)18-9-10-3-2-4-12(23)7-10/h2-8,23H,9H2,1H3,(H,18,19,21). The average molecular weight is 360 g/mol. The van der Waals surface area contributed by atoms with E-state index in [1.807, 2.05) is 6.07 Å². The van der Waals surface area contributed by atoms with Crippen molar-refractivity contribution in [2.75, 3.05) is 12.4 Å². The summed E-state index contributed by atoms with van der Waals surface area (Å²) in [6, 6.07) is 11.6. The lowest BCUT2D eigenvalue weighted by Crippen LogP contribution is -2.08. The number of hydrogen-bond donors (Lipinski definition) is 2. The highest BCUT2D eigenvalue weighted by Crippen LogP contribution is 2.22. The molecule has 2 aromatic carbocycles. The van der Waals surface area contributed by atoms with Crippen molar-refractivity contribution in [1.82, 2.24) is 20.2 Å². The van der Waals surface area contributed by atoms with Crippen LogP contribution in [0.4, 0.5) is 5.95 Å². The van der Waals surface area contributed by atoms with E-state index in [9.17, 15) is 9.90 Å². The van der Waals surface area contributed by atoms with Gasteiger partial charge in [0.1, 0.15) is 5.75 Å². The van der Waals surface area contributed by atoms with Crippen molar-refractivity contribution < 1.29 is 14.6 Å². The first-order valence-electron chi connectivity index (χ1n) is 7.27. The molecule has 8 nitrogen and oxygen atoms in total. The first-order chi connectivity index (χ1) is 12.1. The molecular weight excluding hydrogens is 346 g/mol. The summed E-state index contributed by atoms with van der Waals surface area (Å²) in [6.07, 6.45) is 0. The van der Waals surface area contributed by atoms with Crippen LogP contribution in [0.25, 0.3) is 5.69 Å². The van der Waals surface area contributed by atoms with E-state index in [1.165, 1.54) is 11.8 Å². The molecule has 0 aliphatic rings. The number of carbonyl (C=O) groups is 1. The zero-order valence-electron chi connectivity index (χ0n) is 13.2. The molecule has 2 N–H and O–H groups in total. The molecule has 0 radical (unpaired) electrons. The van der Waals surface area contributed by atoms with Crippen molar-refractivity contribution in [3.05, 3.63) is 58.6 Å². The number of hydrogen-bond acceptors (Lipinski definition) is 7. The Morgan fingerprint density at radius 1 is 1.32 bits per heavy atom. The fourth-order valence-corrected chi connectivity index (χ4v) is 2.48. The highest BCUT2D eigenvalue weighted by atomic mass is 35.5. The monoisotopic (exact) mass is 359 g/mol. The summed E-state index contributed by atoms with van der Waals surface area (Å²) in [5.41, 5.74) is 1.71. The van der Waals surface area contributed by atoms with Gasteiger partial charge in [-0.1, -0.05) is 28.8 Å².